The third-order valence-corrected chi connectivity index (χ3v) is 8.10. The van der Waals surface area contributed by atoms with Gasteiger partial charge in [-0.1, -0.05) is 11.6 Å². The molecule has 1 aromatic carbocycles. The minimum atomic E-state index is -0.208. The molecule has 1 N–H and O–H groups in total. The van der Waals surface area contributed by atoms with E-state index in [0.717, 1.165) is 79.7 Å². The smallest absolute Gasteiger partial charge is 0.159 e. The first-order valence-corrected chi connectivity index (χ1v) is 13.3. The molecular weight excluding hydrogens is 480 g/mol. The summed E-state index contributed by atoms with van der Waals surface area (Å²) >= 11 is 6.80. The Morgan fingerprint density at radius 1 is 1.06 bits per heavy atom. The van der Waals surface area contributed by atoms with E-state index in [1.165, 1.54) is 5.56 Å². The highest BCUT2D eigenvalue weighted by Crippen LogP contribution is 2.37. The van der Waals surface area contributed by atoms with E-state index < -0.39 is 0 Å². The van der Waals surface area contributed by atoms with Gasteiger partial charge < -0.3 is 19.5 Å². The van der Waals surface area contributed by atoms with Crippen molar-refractivity contribution >= 4 is 28.3 Å². The van der Waals surface area contributed by atoms with Crippen molar-refractivity contribution in [2.75, 3.05) is 57.5 Å². The summed E-state index contributed by atoms with van der Waals surface area (Å²) in [6, 6.07) is 6.78. The zero-order chi connectivity index (χ0) is 24.6. The topological polar surface area (TPSA) is 88.8 Å². The lowest BCUT2D eigenvalue weighted by Gasteiger charge is -2.35. The van der Waals surface area contributed by atoms with E-state index in [2.05, 4.69) is 25.9 Å². The van der Waals surface area contributed by atoms with Crippen molar-refractivity contribution in [3.05, 3.63) is 40.8 Å². The molecule has 36 heavy (non-hydrogen) atoms. The fourth-order valence-corrected chi connectivity index (χ4v) is 6.11. The number of halogens is 1. The summed E-state index contributed by atoms with van der Waals surface area (Å²) in [5, 5.41) is 16.0. The van der Waals surface area contributed by atoms with Crippen LogP contribution in [-0.4, -0.2) is 94.5 Å². The summed E-state index contributed by atoms with van der Waals surface area (Å²) < 4.78 is 13.1. The standard InChI is InChI=1S/C26H33ClN6O3/c1-17-29-25(32-7-9-36-21(14-32)15-34)12-26(30-17)33-24-11-22(23(27)10-19(24)13-28-33)18-2-5-31(6-3-18)20-4-8-35-16-20/h10-13,18,20-21,34H,2-9,14-16H2,1H3/t20?,21-/m1/s1. The summed E-state index contributed by atoms with van der Waals surface area (Å²) in [6.45, 7) is 7.67. The molecule has 0 radical (unpaired) electrons. The minimum Gasteiger partial charge on any atom is -0.394 e. The van der Waals surface area contributed by atoms with Crippen LogP contribution in [0.15, 0.2) is 24.4 Å². The fourth-order valence-electron chi connectivity index (χ4n) is 5.79. The molecule has 3 aliphatic rings. The van der Waals surface area contributed by atoms with Gasteiger partial charge in [0.05, 0.1) is 37.6 Å². The number of aryl methyl sites for hydroxylation is 1. The van der Waals surface area contributed by atoms with E-state index >= 15 is 0 Å². The molecule has 3 saturated heterocycles. The van der Waals surface area contributed by atoms with Gasteiger partial charge >= 0.3 is 0 Å². The Morgan fingerprint density at radius 2 is 1.89 bits per heavy atom. The third-order valence-electron chi connectivity index (χ3n) is 7.77. The molecule has 1 unspecified atom stereocenters. The maximum Gasteiger partial charge on any atom is 0.159 e. The number of hydrogen-bond donors (Lipinski definition) is 1. The van der Waals surface area contributed by atoms with Crippen LogP contribution in [0.4, 0.5) is 5.82 Å². The van der Waals surface area contributed by atoms with Crippen LogP contribution in [0.1, 0.15) is 36.6 Å². The number of rotatable bonds is 5. The van der Waals surface area contributed by atoms with Gasteiger partial charge in [-0.05, 0) is 62.9 Å². The molecule has 0 bridgehead atoms. The molecule has 192 valence electrons. The number of fused-ring (bicyclic) bond motifs is 1. The molecular formula is C26H33ClN6O3. The number of benzene rings is 1. The zero-order valence-electron chi connectivity index (χ0n) is 20.6. The predicted octanol–water partition coefficient (Wildman–Crippen LogP) is 2.94. The Bertz CT molecular complexity index is 1220. The largest absolute Gasteiger partial charge is 0.394 e. The Morgan fingerprint density at radius 3 is 2.67 bits per heavy atom. The average molecular weight is 513 g/mol. The van der Waals surface area contributed by atoms with Crippen LogP contribution in [-0.2, 0) is 9.47 Å². The minimum absolute atomic E-state index is 0.00584. The van der Waals surface area contributed by atoms with Crippen LogP contribution in [0.2, 0.25) is 5.02 Å². The molecule has 0 spiro atoms. The number of nitrogens with zero attached hydrogens (tertiary/aromatic N) is 6. The SMILES string of the molecule is Cc1nc(N2CCO[C@@H](CO)C2)cc(-n2ncc3cc(Cl)c(C4CCN(C5CCOC5)CC4)cc32)n1. The Balaban J connectivity index is 1.28. The number of aromatic nitrogens is 4. The van der Waals surface area contributed by atoms with Crippen LogP contribution in [0, 0.1) is 6.92 Å². The maximum absolute atomic E-state index is 9.54. The molecule has 3 aromatic rings. The summed E-state index contributed by atoms with van der Waals surface area (Å²) in [5.74, 6) is 2.65. The molecule has 3 fully saturated rings. The van der Waals surface area contributed by atoms with E-state index in [1.807, 2.05) is 29.9 Å². The summed E-state index contributed by atoms with van der Waals surface area (Å²) in [5.41, 5.74) is 2.19. The number of morpholine rings is 1. The number of likely N-dealkylation sites (tertiary alicyclic amines) is 1. The Hall–Kier alpha value is -2.30. The fraction of sp³-hybridized carbons (Fsp3) is 0.577. The van der Waals surface area contributed by atoms with Gasteiger partial charge in [-0.25, -0.2) is 14.6 Å². The second-order valence-corrected chi connectivity index (χ2v) is 10.5. The molecule has 0 amide bonds. The molecule has 2 atom stereocenters. The van der Waals surface area contributed by atoms with Crippen molar-refractivity contribution < 1.29 is 14.6 Å². The number of hydrogen-bond acceptors (Lipinski definition) is 8. The van der Waals surface area contributed by atoms with Gasteiger partial charge in [-0.2, -0.15) is 5.10 Å². The first kappa shape index (κ1) is 24.1. The lowest BCUT2D eigenvalue weighted by atomic mass is 9.88. The Kier molecular flexibility index (Phi) is 6.83. The van der Waals surface area contributed by atoms with Gasteiger partial charge in [-0.15, -0.1) is 0 Å². The Labute approximate surface area is 216 Å². The van der Waals surface area contributed by atoms with Crippen molar-refractivity contribution in [2.45, 2.75) is 44.2 Å². The molecule has 6 rings (SSSR count). The summed E-state index contributed by atoms with van der Waals surface area (Å²) in [6.07, 6.45) is 4.97. The predicted molar refractivity (Wildman–Crippen MR) is 138 cm³/mol. The average Bonchev–Trinajstić information content (AvgIpc) is 3.58. The lowest BCUT2D eigenvalue weighted by Crippen LogP contribution is -2.44. The molecule has 5 heterocycles. The van der Waals surface area contributed by atoms with Gasteiger partial charge in [0.2, 0.25) is 0 Å². The summed E-state index contributed by atoms with van der Waals surface area (Å²) in [7, 11) is 0. The number of ether oxygens (including phenoxy) is 2. The summed E-state index contributed by atoms with van der Waals surface area (Å²) in [4.78, 5) is 14.1. The molecule has 10 heteroatoms. The van der Waals surface area contributed by atoms with Crippen LogP contribution < -0.4 is 4.90 Å². The van der Waals surface area contributed by atoms with Crippen molar-refractivity contribution in [1.82, 2.24) is 24.6 Å². The quantitative estimate of drug-likeness (QED) is 0.558. The number of piperidine rings is 1. The van der Waals surface area contributed by atoms with Crippen molar-refractivity contribution in [3.63, 3.8) is 0 Å². The molecule has 0 saturated carbocycles. The number of aliphatic hydroxyl groups excluding tert-OH is 1. The van der Waals surface area contributed by atoms with Gasteiger partial charge in [0.25, 0.3) is 0 Å². The van der Waals surface area contributed by atoms with Crippen LogP contribution in [0.3, 0.4) is 0 Å². The van der Waals surface area contributed by atoms with Gasteiger partial charge in [0.1, 0.15) is 11.6 Å². The van der Waals surface area contributed by atoms with E-state index in [1.54, 1.807) is 0 Å². The van der Waals surface area contributed by atoms with E-state index in [-0.39, 0.29) is 12.7 Å². The monoisotopic (exact) mass is 512 g/mol. The van der Waals surface area contributed by atoms with E-state index in [9.17, 15) is 5.11 Å². The second kappa shape index (κ2) is 10.2. The van der Waals surface area contributed by atoms with Gasteiger partial charge in [0, 0.05) is 42.2 Å². The normalized spacial score (nSPS) is 24.1. The van der Waals surface area contributed by atoms with Crippen molar-refractivity contribution in [3.8, 4) is 5.82 Å². The van der Waals surface area contributed by atoms with Gasteiger partial charge in [0.15, 0.2) is 5.82 Å². The molecule has 9 nitrogen and oxygen atoms in total. The first-order chi connectivity index (χ1) is 17.6. The third kappa shape index (κ3) is 4.70. The van der Waals surface area contributed by atoms with E-state index in [4.69, 9.17) is 26.1 Å². The second-order valence-electron chi connectivity index (χ2n) is 10.1. The highest BCUT2D eigenvalue weighted by Gasteiger charge is 2.29. The van der Waals surface area contributed by atoms with Crippen LogP contribution in [0.25, 0.3) is 16.7 Å². The zero-order valence-corrected chi connectivity index (χ0v) is 21.4. The molecule has 3 aliphatic heterocycles. The molecule has 2 aromatic heterocycles. The van der Waals surface area contributed by atoms with Crippen molar-refractivity contribution in [1.29, 1.82) is 0 Å². The van der Waals surface area contributed by atoms with Crippen LogP contribution in [0.5, 0.6) is 0 Å². The van der Waals surface area contributed by atoms with E-state index in [0.29, 0.717) is 30.9 Å². The lowest BCUT2D eigenvalue weighted by molar-refractivity contribution is 0.00335. The number of aliphatic hydroxyl groups is 1. The highest BCUT2D eigenvalue weighted by molar-refractivity contribution is 6.32. The maximum atomic E-state index is 9.54. The first-order valence-electron chi connectivity index (χ1n) is 12.9. The van der Waals surface area contributed by atoms with Crippen molar-refractivity contribution in [2.24, 2.45) is 0 Å². The number of anilines is 1. The highest BCUT2D eigenvalue weighted by atomic mass is 35.5. The molecule has 0 aliphatic carbocycles. The van der Waals surface area contributed by atoms with Gasteiger partial charge in [-0.3, -0.25) is 4.90 Å². The van der Waals surface area contributed by atoms with Crippen LogP contribution >= 0.6 is 11.6 Å².